The molecule has 2 aliphatic rings. The van der Waals surface area contributed by atoms with E-state index in [4.69, 9.17) is 58.0 Å². The van der Waals surface area contributed by atoms with Gasteiger partial charge in [0.15, 0.2) is 0 Å². The Morgan fingerprint density at radius 1 is 1.29 bits per heavy atom. The van der Waals surface area contributed by atoms with Crippen LogP contribution in [-0.4, -0.2) is 20.5 Å². The lowest BCUT2D eigenvalue weighted by molar-refractivity contribution is 0.527. The molecule has 0 amide bonds. The Balaban J connectivity index is 2.55. The Bertz CT molecular complexity index is 317. The molecule has 1 saturated carbocycles. The standard InChI is InChI=1S/C8H6BrCl5/c9-2-3-1-7(13)4(10)5(11)8(3,14)6(7)12/h3,6H,1-2H2/t3-,6?,7-,8+/m0/s1. The first-order valence-electron chi connectivity index (χ1n) is 4.03. The van der Waals surface area contributed by atoms with Gasteiger partial charge in [0.05, 0.1) is 20.3 Å². The van der Waals surface area contributed by atoms with Gasteiger partial charge in [0, 0.05) is 5.33 Å². The van der Waals surface area contributed by atoms with Gasteiger partial charge >= 0.3 is 0 Å². The van der Waals surface area contributed by atoms with E-state index in [1.54, 1.807) is 0 Å². The third-order valence-electron chi connectivity index (χ3n) is 2.99. The number of halogens is 6. The van der Waals surface area contributed by atoms with Crippen molar-refractivity contribution in [1.82, 2.24) is 0 Å². The van der Waals surface area contributed by atoms with Gasteiger partial charge in [-0.15, -0.1) is 34.8 Å². The van der Waals surface area contributed by atoms with Crippen molar-refractivity contribution < 1.29 is 0 Å². The van der Waals surface area contributed by atoms with Gasteiger partial charge in [0.25, 0.3) is 0 Å². The van der Waals surface area contributed by atoms with Crippen molar-refractivity contribution in [3.05, 3.63) is 10.1 Å². The van der Waals surface area contributed by atoms with Crippen molar-refractivity contribution in [2.45, 2.75) is 21.5 Å². The lowest BCUT2D eigenvalue weighted by Crippen LogP contribution is -2.35. The van der Waals surface area contributed by atoms with E-state index in [1.165, 1.54) is 0 Å². The first-order valence-corrected chi connectivity index (χ1v) is 7.10. The minimum atomic E-state index is -0.800. The third kappa shape index (κ3) is 1.21. The lowest BCUT2D eigenvalue weighted by Gasteiger charge is -2.28. The summed E-state index contributed by atoms with van der Waals surface area (Å²) in [6, 6.07) is 0. The Morgan fingerprint density at radius 2 is 1.86 bits per heavy atom. The van der Waals surface area contributed by atoms with Crippen LogP contribution in [-0.2, 0) is 0 Å². The van der Waals surface area contributed by atoms with Crippen LogP contribution in [0.3, 0.4) is 0 Å². The number of hydrogen-bond acceptors (Lipinski definition) is 0. The summed E-state index contributed by atoms with van der Waals surface area (Å²) in [5.41, 5.74) is 0. The number of allylic oxidation sites excluding steroid dienone is 2. The van der Waals surface area contributed by atoms with Gasteiger partial charge in [-0.1, -0.05) is 39.1 Å². The quantitative estimate of drug-likeness (QED) is 0.597. The Labute approximate surface area is 116 Å². The summed E-state index contributed by atoms with van der Waals surface area (Å²) in [5, 5.41) is 1.09. The van der Waals surface area contributed by atoms with E-state index >= 15 is 0 Å². The van der Waals surface area contributed by atoms with E-state index in [0.29, 0.717) is 21.8 Å². The fourth-order valence-electron chi connectivity index (χ4n) is 2.16. The van der Waals surface area contributed by atoms with E-state index in [1.807, 2.05) is 0 Å². The summed E-state index contributed by atoms with van der Waals surface area (Å²) in [6.07, 6.45) is 0.659. The maximum Gasteiger partial charge on any atom is 0.103 e. The van der Waals surface area contributed by atoms with Gasteiger partial charge in [-0.25, -0.2) is 0 Å². The van der Waals surface area contributed by atoms with Gasteiger partial charge in [-0.05, 0) is 12.3 Å². The molecule has 0 N–H and O–H groups in total. The summed E-state index contributed by atoms with van der Waals surface area (Å²) in [6.45, 7) is 0. The van der Waals surface area contributed by atoms with Crippen LogP contribution in [0, 0.1) is 5.92 Å². The van der Waals surface area contributed by atoms with Gasteiger partial charge in [-0.2, -0.15) is 0 Å². The number of alkyl halides is 4. The monoisotopic (exact) mass is 356 g/mol. The van der Waals surface area contributed by atoms with Gasteiger partial charge in [-0.3, -0.25) is 0 Å². The van der Waals surface area contributed by atoms with E-state index in [-0.39, 0.29) is 5.92 Å². The molecule has 14 heavy (non-hydrogen) atoms. The number of hydrogen-bond donors (Lipinski definition) is 0. The van der Waals surface area contributed by atoms with Crippen molar-refractivity contribution in [2.75, 3.05) is 5.33 Å². The lowest BCUT2D eigenvalue weighted by atomic mass is 9.94. The van der Waals surface area contributed by atoms with E-state index in [0.717, 1.165) is 0 Å². The van der Waals surface area contributed by atoms with E-state index in [2.05, 4.69) is 15.9 Å². The first-order chi connectivity index (χ1) is 6.39. The highest BCUT2D eigenvalue weighted by atomic mass is 79.9. The maximum absolute atomic E-state index is 6.43. The van der Waals surface area contributed by atoms with Crippen molar-refractivity contribution in [3.63, 3.8) is 0 Å². The highest BCUT2D eigenvalue weighted by molar-refractivity contribution is 9.09. The number of rotatable bonds is 1. The summed E-state index contributed by atoms with van der Waals surface area (Å²) < 4.78 is 0. The van der Waals surface area contributed by atoms with Crippen molar-refractivity contribution in [3.8, 4) is 0 Å². The predicted molar refractivity (Wildman–Crippen MR) is 67.4 cm³/mol. The fourth-order valence-corrected chi connectivity index (χ4v) is 5.50. The molecule has 0 radical (unpaired) electrons. The van der Waals surface area contributed by atoms with Gasteiger partial charge in [0.2, 0.25) is 0 Å². The highest BCUT2D eigenvalue weighted by Gasteiger charge is 2.69. The first kappa shape index (κ1) is 12.1. The second-order valence-corrected chi connectivity index (χ2v) is 6.82. The van der Waals surface area contributed by atoms with Crippen LogP contribution in [0.25, 0.3) is 0 Å². The molecule has 2 rings (SSSR count). The largest absolute Gasteiger partial charge is 0.118 e. The molecular weight excluding hydrogens is 353 g/mol. The zero-order chi connectivity index (χ0) is 10.7. The highest BCUT2D eigenvalue weighted by Crippen LogP contribution is 2.67. The molecule has 0 aliphatic heterocycles. The van der Waals surface area contributed by atoms with Crippen LogP contribution in [0.5, 0.6) is 0 Å². The Morgan fingerprint density at radius 3 is 2.21 bits per heavy atom. The summed E-state index contributed by atoms with van der Waals surface area (Å²) >= 11 is 34.5. The molecule has 1 fully saturated rings. The van der Waals surface area contributed by atoms with Crippen LogP contribution in [0.2, 0.25) is 0 Å². The van der Waals surface area contributed by atoms with E-state index in [9.17, 15) is 0 Å². The van der Waals surface area contributed by atoms with Crippen LogP contribution < -0.4 is 0 Å². The second-order valence-electron chi connectivity index (χ2n) is 3.68. The molecule has 0 aromatic heterocycles. The van der Waals surface area contributed by atoms with Crippen LogP contribution in [0.1, 0.15) is 6.42 Å². The molecule has 6 heteroatoms. The second kappa shape index (κ2) is 3.58. The number of fused-ring (bicyclic) bond motifs is 2. The molecule has 0 saturated heterocycles. The molecule has 2 bridgehead atoms. The van der Waals surface area contributed by atoms with Crippen LogP contribution in [0.15, 0.2) is 10.1 Å². The SMILES string of the molecule is ClC1=C(Cl)[C@@]2(Cl)C[C@@H](CBr)[C@]1(Cl)C2Cl. The smallest absolute Gasteiger partial charge is 0.103 e. The normalized spacial score (nSPS) is 51.9. The summed E-state index contributed by atoms with van der Waals surface area (Å²) in [5.74, 6) is 0.124. The molecule has 0 aromatic carbocycles. The zero-order valence-electron chi connectivity index (χ0n) is 6.84. The molecule has 0 aromatic rings. The van der Waals surface area contributed by atoms with Gasteiger partial charge < -0.3 is 0 Å². The summed E-state index contributed by atoms with van der Waals surface area (Å²) in [4.78, 5) is -1.58. The fraction of sp³-hybridized carbons (Fsp3) is 0.750. The molecule has 4 atom stereocenters. The molecular formula is C8H6BrCl5. The average Bonchev–Trinajstić information content (AvgIpc) is 2.44. The van der Waals surface area contributed by atoms with Crippen molar-refractivity contribution >= 4 is 73.9 Å². The topological polar surface area (TPSA) is 0 Å². The minimum Gasteiger partial charge on any atom is -0.118 e. The van der Waals surface area contributed by atoms with Crippen molar-refractivity contribution in [1.29, 1.82) is 0 Å². The minimum absolute atomic E-state index is 0.124. The van der Waals surface area contributed by atoms with Crippen LogP contribution in [0.4, 0.5) is 0 Å². The molecule has 80 valence electrons. The molecule has 0 spiro atoms. The van der Waals surface area contributed by atoms with E-state index < -0.39 is 15.1 Å². The summed E-state index contributed by atoms with van der Waals surface area (Å²) in [7, 11) is 0. The third-order valence-corrected chi connectivity index (χ3v) is 7.31. The molecule has 0 nitrogen and oxygen atoms in total. The molecule has 2 aliphatic carbocycles. The Kier molecular flexibility index (Phi) is 3.10. The molecule has 0 heterocycles. The predicted octanol–water partition coefficient (Wildman–Crippen LogP) is 4.67. The Hall–Kier alpha value is 1.67. The zero-order valence-corrected chi connectivity index (χ0v) is 12.2. The van der Waals surface area contributed by atoms with Crippen molar-refractivity contribution in [2.24, 2.45) is 5.92 Å². The van der Waals surface area contributed by atoms with Crippen LogP contribution >= 0.6 is 73.9 Å². The average molecular weight is 359 g/mol. The van der Waals surface area contributed by atoms with Gasteiger partial charge in [0.1, 0.15) is 4.87 Å². The molecule has 1 unspecified atom stereocenters. The maximum atomic E-state index is 6.43.